The zero-order valence-corrected chi connectivity index (χ0v) is 23.8. The first-order valence-corrected chi connectivity index (χ1v) is 14.2. The summed E-state index contributed by atoms with van der Waals surface area (Å²) < 4.78 is 0. The molecule has 41 heavy (non-hydrogen) atoms. The maximum absolute atomic E-state index is 13.1. The number of carbonyl (C=O) groups is 3. The lowest BCUT2D eigenvalue weighted by atomic mass is 10.2. The topological polar surface area (TPSA) is 130 Å². The molecular formula is C30H26N4O5S2. The van der Waals surface area contributed by atoms with Gasteiger partial charge in [-0.15, -0.1) is 23.1 Å². The number of hydrogen-bond acceptors (Lipinski definition) is 7. The van der Waals surface area contributed by atoms with Crippen LogP contribution in [-0.4, -0.2) is 27.9 Å². The minimum atomic E-state index is -0.481. The number of nitrogens with one attached hydrogen (secondary N) is 3. The molecule has 4 rings (SSSR count). The van der Waals surface area contributed by atoms with Gasteiger partial charge in [-0.2, -0.15) is 0 Å². The standard InChI is InChI=1S/C30H26N4O5S2/c1-19-17-23(34(38)39)12-15-26(19)32-28(35)20(2)41-24-13-10-22(11-14-24)31-30(37)27(18-25-9-6-16-40-25)33-29(36)21-7-4-3-5-8-21/h3-18,20H,1-2H3,(H,31,37)(H,32,35)(H,33,36)/b27-18-. The Hall–Kier alpha value is -4.74. The van der Waals surface area contributed by atoms with Crippen molar-refractivity contribution in [2.75, 3.05) is 10.6 Å². The quantitative estimate of drug-likeness (QED) is 0.0842. The summed E-state index contributed by atoms with van der Waals surface area (Å²) in [6.07, 6.45) is 1.62. The minimum absolute atomic E-state index is 0.0391. The molecule has 0 fully saturated rings. The van der Waals surface area contributed by atoms with E-state index in [9.17, 15) is 24.5 Å². The fraction of sp³-hybridized carbons (Fsp3) is 0.100. The van der Waals surface area contributed by atoms with Gasteiger partial charge in [0.25, 0.3) is 17.5 Å². The van der Waals surface area contributed by atoms with E-state index in [1.807, 2.05) is 17.5 Å². The van der Waals surface area contributed by atoms with Crippen molar-refractivity contribution in [2.45, 2.75) is 24.0 Å². The van der Waals surface area contributed by atoms with E-state index < -0.39 is 22.0 Å². The van der Waals surface area contributed by atoms with E-state index in [-0.39, 0.29) is 17.3 Å². The number of thioether (sulfide) groups is 1. The highest BCUT2D eigenvalue weighted by atomic mass is 32.2. The Kier molecular flexibility index (Phi) is 9.67. The maximum Gasteiger partial charge on any atom is 0.272 e. The molecular weight excluding hydrogens is 560 g/mol. The molecule has 0 bridgehead atoms. The highest BCUT2D eigenvalue weighted by Crippen LogP contribution is 2.27. The summed E-state index contributed by atoms with van der Waals surface area (Å²) in [5.74, 6) is -1.12. The molecule has 0 saturated carbocycles. The first-order valence-electron chi connectivity index (χ1n) is 12.4. The van der Waals surface area contributed by atoms with Crippen LogP contribution in [0, 0.1) is 17.0 Å². The van der Waals surface area contributed by atoms with Crippen molar-refractivity contribution in [3.05, 3.63) is 122 Å². The lowest BCUT2D eigenvalue weighted by Crippen LogP contribution is -2.30. The Morgan fingerprint density at radius 2 is 1.68 bits per heavy atom. The van der Waals surface area contributed by atoms with E-state index in [2.05, 4.69) is 16.0 Å². The Balaban J connectivity index is 1.38. The number of rotatable bonds is 10. The number of hydrogen-bond donors (Lipinski definition) is 3. The third kappa shape index (κ3) is 8.13. The molecule has 0 aliphatic carbocycles. The summed E-state index contributed by atoms with van der Waals surface area (Å²) in [4.78, 5) is 50.7. The Morgan fingerprint density at radius 3 is 2.32 bits per heavy atom. The van der Waals surface area contributed by atoms with Crippen LogP contribution in [0.4, 0.5) is 17.1 Å². The highest BCUT2D eigenvalue weighted by Gasteiger charge is 2.18. The van der Waals surface area contributed by atoms with Crippen molar-refractivity contribution >= 4 is 64.0 Å². The number of nitro benzene ring substituents is 1. The molecule has 0 aliphatic rings. The number of nitro groups is 1. The molecule has 3 aromatic carbocycles. The molecule has 0 spiro atoms. The third-order valence-electron chi connectivity index (χ3n) is 5.83. The van der Waals surface area contributed by atoms with Crippen LogP contribution in [-0.2, 0) is 9.59 Å². The number of amides is 3. The monoisotopic (exact) mass is 586 g/mol. The lowest BCUT2D eigenvalue weighted by molar-refractivity contribution is -0.384. The van der Waals surface area contributed by atoms with Crippen molar-refractivity contribution in [3.8, 4) is 0 Å². The van der Waals surface area contributed by atoms with E-state index in [1.54, 1.807) is 74.5 Å². The number of carbonyl (C=O) groups excluding carboxylic acids is 3. The number of nitrogens with zero attached hydrogens (tertiary/aromatic N) is 1. The number of non-ortho nitro benzene ring substituents is 1. The molecule has 11 heteroatoms. The summed E-state index contributed by atoms with van der Waals surface area (Å²) in [7, 11) is 0. The van der Waals surface area contributed by atoms with E-state index in [0.717, 1.165) is 9.77 Å². The lowest BCUT2D eigenvalue weighted by Gasteiger charge is -2.14. The van der Waals surface area contributed by atoms with E-state index in [0.29, 0.717) is 22.5 Å². The van der Waals surface area contributed by atoms with Gasteiger partial charge in [-0.3, -0.25) is 24.5 Å². The van der Waals surface area contributed by atoms with Gasteiger partial charge in [0.15, 0.2) is 0 Å². The van der Waals surface area contributed by atoms with E-state index >= 15 is 0 Å². The van der Waals surface area contributed by atoms with Crippen molar-refractivity contribution in [1.29, 1.82) is 0 Å². The second kappa shape index (κ2) is 13.6. The number of thiophene rings is 1. The second-order valence-corrected chi connectivity index (χ2v) is 11.3. The van der Waals surface area contributed by atoms with Crippen LogP contribution in [0.5, 0.6) is 0 Å². The van der Waals surface area contributed by atoms with Gasteiger partial charge >= 0.3 is 0 Å². The van der Waals surface area contributed by atoms with Crippen LogP contribution >= 0.6 is 23.1 Å². The first kappa shape index (κ1) is 29.2. The number of anilines is 2. The predicted molar refractivity (Wildman–Crippen MR) is 163 cm³/mol. The molecule has 1 unspecified atom stereocenters. The van der Waals surface area contributed by atoms with Crippen LogP contribution in [0.3, 0.4) is 0 Å². The Morgan fingerprint density at radius 1 is 0.951 bits per heavy atom. The first-order chi connectivity index (χ1) is 19.7. The molecule has 0 saturated heterocycles. The predicted octanol–water partition coefficient (Wildman–Crippen LogP) is 6.49. The number of aryl methyl sites for hydroxylation is 1. The second-order valence-electron chi connectivity index (χ2n) is 8.88. The van der Waals surface area contributed by atoms with Gasteiger partial charge in [-0.25, -0.2) is 0 Å². The highest BCUT2D eigenvalue weighted by molar-refractivity contribution is 8.00. The average molecular weight is 587 g/mol. The molecule has 1 atom stereocenters. The summed E-state index contributed by atoms with van der Waals surface area (Å²) in [6.45, 7) is 3.45. The zero-order chi connectivity index (χ0) is 29.4. The van der Waals surface area contributed by atoms with Crippen LogP contribution in [0.2, 0.25) is 0 Å². The van der Waals surface area contributed by atoms with Crippen LogP contribution in [0.15, 0.2) is 101 Å². The van der Waals surface area contributed by atoms with Crippen molar-refractivity contribution < 1.29 is 19.3 Å². The van der Waals surface area contributed by atoms with Crippen molar-refractivity contribution in [2.24, 2.45) is 0 Å². The van der Waals surface area contributed by atoms with Gasteiger partial charge in [-0.1, -0.05) is 24.3 Å². The Labute approximate surface area is 244 Å². The molecule has 0 aliphatic heterocycles. The van der Waals surface area contributed by atoms with Gasteiger partial charge in [0.1, 0.15) is 5.70 Å². The Bertz CT molecular complexity index is 1590. The van der Waals surface area contributed by atoms with Crippen LogP contribution < -0.4 is 16.0 Å². The normalized spacial score (nSPS) is 11.8. The van der Waals surface area contributed by atoms with Crippen LogP contribution in [0.25, 0.3) is 6.08 Å². The van der Waals surface area contributed by atoms with E-state index in [1.165, 1.54) is 41.3 Å². The molecule has 3 amide bonds. The van der Waals surface area contributed by atoms with Gasteiger partial charge in [0, 0.05) is 38.8 Å². The summed E-state index contributed by atoms with van der Waals surface area (Å²) in [5.41, 5.74) is 2.12. The van der Waals surface area contributed by atoms with Crippen molar-refractivity contribution in [1.82, 2.24) is 5.32 Å². The molecule has 208 valence electrons. The summed E-state index contributed by atoms with van der Waals surface area (Å²) in [6, 6.07) is 23.6. The molecule has 1 aromatic heterocycles. The van der Waals surface area contributed by atoms with Crippen molar-refractivity contribution in [3.63, 3.8) is 0 Å². The molecule has 0 radical (unpaired) electrons. The molecule has 1 heterocycles. The van der Waals surface area contributed by atoms with Crippen LogP contribution in [0.1, 0.15) is 27.7 Å². The maximum atomic E-state index is 13.1. The van der Waals surface area contributed by atoms with Gasteiger partial charge in [-0.05, 0) is 79.4 Å². The smallest absolute Gasteiger partial charge is 0.272 e. The minimum Gasteiger partial charge on any atom is -0.325 e. The fourth-order valence-electron chi connectivity index (χ4n) is 3.67. The average Bonchev–Trinajstić information content (AvgIpc) is 3.48. The largest absolute Gasteiger partial charge is 0.325 e. The number of benzene rings is 3. The summed E-state index contributed by atoms with van der Waals surface area (Å²) in [5, 5.41) is 20.7. The zero-order valence-electron chi connectivity index (χ0n) is 22.1. The van der Waals surface area contributed by atoms with E-state index in [4.69, 9.17) is 0 Å². The fourth-order valence-corrected chi connectivity index (χ4v) is 5.19. The summed E-state index contributed by atoms with van der Waals surface area (Å²) >= 11 is 2.77. The van der Waals surface area contributed by atoms with Gasteiger partial charge in [0.05, 0.1) is 10.2 Å². The third-order valence-corrected chi connectivity index (χ3v) is 7.76. The molecule has 4 aromatic rings. The van der Waals surface area contributed by atoms with Gasteiger partial charge < -0.3 is 16.0 Å². The SMILES string of the molecule is Cc1cc([N+](=O)[O-])ccc1NC(=O)C(C)Sc1ccc(NC(=O)/C(=C/c2cccs2)NC(=O)c2ccccc2)cc1. The molecule has 3 N–H and O–H groups in total. The molecule has 9 nitrogen and oxygen atoms in total. The van der Waals surface area contributed by atoms with Gasteiger partial charge in [0.2, 0.25) is 5.91 Å².